The van der Waals surface area contributed by atoms with E-state index in [2.05, 4.69) is 29.1 Å². The molecule has 25 heavy (non-hydrogen) atoms. The predicted octanol–water partition coefficient (Wildman–Crippen LogP) is 2.54. The zero-order chi connectivity index (χ0) is 18.0. The summed E-state index contributed by atoms with van der Waals surface area (Å²) in [4.78, 5) is 19.3. The number of carbonyl (C=O) groups excluding carboxylic acids is 1. The summed E-state index contributed by atoms with van der Waals surface area (Å²) in [7, 11) is 1.66. The van der Waals surface area contributed by atoms with Crippen LogP contribution in [0, 0.1) is 6.92 Å². The van der Waals surface area contributed by atoms with Crippen molar-refractivity contribution in [3.8, 4) is 0 Å². The number of ether oxygens (including phenoxy) is 1. The molecule has 8 nitrogen and oxygen atoms in total. The van der Waals surface area contributed by atoms with E-state index in [0.717, 1.165) is 12.8 Å². The van der Waals surface area contributed by atoms with Crippen LogP contribution >= 0.6 is 0 Å². The molecule has 3 heterocycles. The van der Waals surface area contributed by atoms with Crippen molar-refractivity contribution in [2.45, 2.75) is 58.2 Å². The Balaban J connectivity index is 1.91. The number of nitrogens with zero attached hydrogens (tertiary/aromatic N) is 5. The second kappa shape index (κ2) is 7.35. The Morgan fingerprint density at radius 3 is 2.80 bits per heavy atom. The van der Waals surface area contributed by atoms with Gasteiger partial charge in [-0.25, -0.2) is 0 Å². The largest absolute Gasteiger partial charge is 0.380 e. The van der Waals surface area contributed by atoms with Crippen LogP contribution < -0.4 is 0 Å². The fraction of sp³-hybridized carbons (Fsp3) is 0.647. The van der Waals surface area contributed by atoms with Gasteiger partial charge in [-0.3, -0.25) is 9.48 Å². The molecule has 2 atom stereocenters. The number of rotatable bonds is 6. The standard InChI is InChI=1S/C17H25N5O3/c1-5-12(6-2)22-14(7-8-18-22)17(23)21-10-13(24-4)9-15(21)16-19-11(3)20-25-16/h7-8,12-13,15H,5-6,9-10H2,1-4H3/t13-,15-/m1/s1. The number of methoxy groups -OCH3 is 1. The summed E-state index contributed by atoms with van der Waals surface area (Å²) in [5.74, 6) is 0.939. The molecule has 1 saturated heterocycles. The van der Waals surface area contributed by atoms with Gasteiger partial charge in [-0.15, -0.1) is 0 Å². The zero-order valence-electron chi connectivity index (χ0n) is 15.2. The molecule has 0 spiro atoms. The van der Waals surface area contributed by atoms with Crippen LogP contribution in [0.2, 0.25) is 0 Å². The van der Waals surface area contributed by atoms with Crippen LogP contribution in [0.15, 0.2) is 16.8 Å². The summed E-state index contributed by atoms with van der Waals surface area (Å²) >= 11 is 0. The number of aryl methyl sites for hydroxylation is 1. The van der Waals surface area contributed by atoms with Crippen LogP contribution in [0.1, 0.15) is 67.4 Å². The summed E-state index contributed by atoms with van der Waals surface area (Å²) < 4.78 is 12.6. The van der Waals surface area contributed by atoms with E-state index in [1.165, 1.54) is 0 Å². The van der Waals surface area contributed by atoms with Crippen molar-refractivity contribution in [3.63, 3.8) is 0 Å². The maximum Gasteiger partial charge on any atom is 0.272 e. The molecule has 1 amide bonds. The first kappa shape index (κ1) is 17.6. The van der Waals surface area contributed by atoms with Crippen molar-refractivity contribution in [1.82, 2.24) is 24.8 Å². The van der Waals surface area contributed by atoms with Gasteiger partial charge in [0.2, 0.25) is 5.89 Å². The topological polar surface area (TPSA) is 86.3 Å². The third kappa shape index (κ3) is 3.30. The molecule has 0 saturated carbocycles. The Morgan fingerprint density at radius 1 is 1.44 bits per heavy atom. The first-order valence-electron chi connectivity index (χ1n) is 8.76. The molecule has 1 aliphatic heterocycles. The van der Waals surface area contributed by atoms with Gasteiger partial charge in [0.1, 0.15) is 11.7 Å². The van der Waals surface area contributed by atoms with Crippen LogP contribution in [0.3, 0.4) is 0 Å². The maximum absolute atomic E-state index is 13.2. The van der Waals surface area contributed by atoms with Gasteiger partial charge in [-0.1, -0.05) is 19.0 Å². The van der Waals surface area contributed by atoms with Crippen molar-refractivity contribution in [1.29, 1.82) is 0 Å². The van der Waals surface area contributed by atoms with Crippen LogP contribution in [0.4, 0.5) is 0 Å². The highest BCUT2D eigenvalue weighted by Crippen LogP contribution is 2.34. The molecule has 1 fully saturated rings. The first-order chi connectivity index (χ1) is 12.1. The summed E-state index contributed by atoms with van der Waals surface area (Å²) in [5.41, 5.74) is 0.590. The second-order valence-electron chi connectivity index (χ2n) is 6.38. The van der Waals surface area contributed by atoms with E-state index in [9.17, 15) is 4.79 Å². The SMILES string of the molecule is CCC(CC)n1nccc1C(=O)N1C[C@H](OC)C[C@@H]1c1nc(C)no1. The van der Waals surface area contributed by atoms with Crippen molar-refractivity contribution < 1.29 is 14.1 Å². The van der Waals surface area contributed by atoms with Gasteiger partial charge >= 0.3 is 0 Å². The number of aromatic nitrogens is 4. The van der Waals surface area contributed by atoms with E-state index in [0.29, 0.717) is 30.4 Å². The predicted molar refractivity (Wildman–Crippen MR) is 90.1 cm³/mol. The normalized spacial score (nSPS) is 20.6. The lowest BCUT2D eigenvalue weighted by Gasteiger charge is -2.23. The quantitative estimate of drug-likeness (QED) is 0.798. The van der Waals surface area contributed by atoms with Crippen molar-refractivity contribution in [3.05, 3.63) is 29.7 Å². The lowest BCUT2D eigenvalue weighted by atomic mass is 10.1. The van der Waals surface area contributed by atoms with Gasteiger partial charge in [0.25, 0.3) is 5.91 Å². The van der Waals surface area contributed by atoms with Crippen LogP contribution in [-0.4, -0.2) is 50.5 Å². The molecule has 0 aromatic carbocycles. The minimum atomic E-state index is -0.274. The summed E-state index contributed by atoms with van der Waals surface area (Å²) in [6.07, 6.45) is 4.12. The number of carbonyl (C=O) groups is 1. The average molecular weight is 347 g/mol. The van der Waals surface area contributed by atoms with Crippen LogP contribution in [0.25, 0.3) is 0 Å². The third-order valence-corrected chi connectivity index (χ3v) is 4.86. The zero-order valence-corrected chi connectivity index (χ0v) is 15.2. The van der Waals surface area contributed by atoms with Gasteiger partial charge < -0.3 is 14.2 Å². The third-order valence-electron chi connectivity index (χ3n) is 4.86. The minimum Gasteiger partial charge on any atom is -0.380 e. The highest BCUT2D eigenvalue weighted by molar-refractivity contribution is 5.93. The minimum absolute atomic E-state index is 0.0503. The monoisotopic (exact) mass is 347 g/mol. The molecule has 0 unspecified atom stereocenters. The van der Waals surface area contributed by atoms with Crippen molar-refractivity contribution >= 4 is 5.91 Å². The van der Waals surface area contributed by atoms with Crippen molar-refractivity contribution in [2.75, 3.05) is 13.7 Å². The molecule has 136 valence electrons. The summed E-state index contributed by atoms with van der Waals surface area (Å²) in [6.45, 7) is 6.47. The van der Waals surface area contributed by atoms with E-state index < -0.39 is 0 Å². The van der Waals surface area contributed by atoms with E-state index in [-0.39, 0.29) is 24.1 Å². The fourth-order valence-electron chi connectivity index (χ4n) is 3.43. The number of hydrogen-bond donors (Lipinski definition) is 0. The Labute approximate surface area is 147 Å². The lowest BCUT2D eigenvalue weighted by molar-refractivity contribution is 0.0655. The molecular formula is C17H25N5O3. The van der Waals surface area contributed by atoms with Gasteiger partial charge in [0.15, 0.2) is 5.82 Å². The molecule has 3 rings (SSSR count). The lowest BCUT2D eigenvalue weighted by Crippen LogP contribution is -2.34. The Morgan fingerprint density at radius 2 is 2.20 bits per heavy atom. The molecule has 2 aromatic heterocycles. The molecule has 1 aliphatic rings. The Kier molecular flexibility index (Phi) is 5.17. The number of amides is 1. The average Bonchev–Trinajstić information content (AvgIpc) is 3.34. The second-order valence-corrected chi connectivity index (χ2v) is 6.38. The Hall–Kier alpha value is -2.22. The molecular weight excluding hydrogens is 322 g/mol. The van der Waals surface area contributed by atoms with Gasteiger partial charge in [-0.05, 0) is 25.8 Å². The Bertz CT molecular complexity index is 721. The van der Waals surface area contributed by atoms with E-state index >= 15 is 0 Å². The molecule has 0 bridgehead atoms. The fourth-order valence-corrected chi connectivity index (χ4v) is 3.43. The van der Waals surface area contributed by atoms with Crippen LogP contribution in [-0.2, 0) is 4.74 Å². The van der Waals surface area contributed by atoms with Gasteiger partial charge in [0, 0.05) is 26.3 Å². The van der Waals surface area contributed by atoms with Crippen molar-refractivity contribution in [2.24, 2.45) is 0 Å². The molecule has 0 aliphatic carbocycles. The van der Waals surface area contributed by atoms with E-state index in [1.807, 2.05) is 4.68 Å². The van der Waals surface area contributed by atoms with E-state index in [4.69, 9.17) is 9.26 Å². The molecule has 8 heteroatoms. The molecule has 0 radical (unpaired) electrons. The smallest absolute Gasteiger partial charge is 0.272 e. The van der Waals surface area contributed by atoms with Crippen LogP contribution in [0.5, 0.6) is 0 Å². The van der Waals surface area contributed by atoms with Gasteiger partial charge in [-0.2, -0.15) is 10.1 Å². The number of likely N-dealkylation sites (tertiary alicyclic amines) is 1. The van der Waals surface area contributed by atoms with E-state index in [1.54, 1.807) is 31.2 Å². The highest BCUT2D eigenvalue weighted by Gasteiger charge is 2.40. The number of hydrogen-bond acceptors (Lipinski definition) is 6. The van der Waals surface area contributed by atoms with Gasteiger partial charge in [0.05, 0.1) is 12.1 Å². The highest BCUT2D eigenvalue weighted by atomic mass is 16.5. The summed E-state index contributed by atoms with van der Waals surface area (Å²) in [6, 6.07) is 1.71. The summed E-state index contributed by atoms with van der Waals surface area (Å²) in [5, 5.41) is 8.24. The molecule has 0 N–H and O–H groups in total. The molecule has 2 aromatic rings. The first-order valence-corrected chi connectivity index (χ1v) is 8.76. The maximum atomic E-state index is 13.2.